The lowest BCUT2D eigenvalue weighted by Gasteiger charge is -2.05. The topological polar surface area (TPSA) is 9.23 Å². The van der Waals surface area contributed by atoms with Crippen molar-refractivity contribution in [1.29, 1.82) is 0 Å². The van der Waals surface area contributed by atoms with Gasteiger partial charge in [0.05, 0.1) is 6.61 Å². The third kappa shape index (κ3) is 42.0. The van der Waals surface area contributed by atoms with Crippen LogP contribution in [-0.4, -0.2) is 6.61 Å². The summed E-state index contributed by atoms with van der Waals surface area (Å²) in [6.45, 7) is 7.65. The van der Waals surface area contributed by atoms with Gasteiger partial charge < -0.3 is 4.74 Å². The summed E-state index contributed by atoms with van der Waals surface area (Å²) in [6.07, 6.45) is 54.6. The number of hydrogen-bond acceptors (Lipinski definition) is 1. The Morgan fingerprint density at radius 3 is 0.721 bits per heavy atom. The Morgan fingerprint density at radius 2 is 0.465 bits per heavy atom. The van der Waals surface area contributed by atoms with Crippen LogP contribution in [0.15, 0.2) is 0 Å². The molecule has 259 valence electrons. The molecule has 0 fully saturated rings. The van der Waals surface area contributed by atoms with Gasteiger partial charge >= 0.3 is 0 Å². The van der Waals surface area contributed by atoms with E-state index < -0.39 is 0 Å². The smallest absolute Gasteiger partial charge is 0.0836 e. The fourth-order valence-corrected chi connectivity index (χ4v) is 6.56. The number of unbranched alkanes of at least 4 members (excludes halogenated alkanes) is 36. The van der Waals surface area contributed by atoms with Crippen molar-refractivity contribution in [3.05, 3.63) is 6.61 Å². The molecule has 0 unspecified atom stereocenters. The van der Waals surface area contributed by atoms with Crippen molar-refractivity contribution in [2.45, 2.75) is 258 Å². The maximum absolute atomic E-state index is 5.77. The molecule has 0 aromatic heterocycles. The van der Waals surface area contributed by atoms with E-state index in [-0.39, 0.29) is 0 Å². The summed E-state index contributed by atoms with van der Waals surface area (Å²) in [6, 6.07) is 0. The van der Waals surface area contributed by atoms with Crippen LogP contribution in [0.2, 0.25) is 0 Å². The van der Waals surface area contributed by atoms with Crippen molar-refractivity contribution in [3.8, 4) is 0 Å². The summed E-state index contributed by atoms with van der Waals surface area (Å²) in [7, 11) is 0. The molecule has 43 heavy (non-hydrogen) atoms. The molecule has 1 radical (unpaired) electrons. The predicted octanol–water partition coefficient (Wildman–Crippen LogP) is 16.0. The van der Waals surface area contributed by atoms with E-state index in [0.29, 0.717) is 0 Å². The lowest BCUT2D eigenvalue weighted by molar-refractivity contribution is 0.183. The molecular weight excluding hydrogens is 520 g/mol. The van der Waals surface area contributed by atoms with Crippen LogP contribution in [0, 0.1) is 6.61 Å². The van der Waals surface area contributed by atoms with E-state index in [2.05, 4.69) is 20.5 Å². The standard InChI is InChI=1S/C42H85O/c1-3-5-7-9-11-13-15-17-19-21-22-23-24-25-26-28-30-32-34-36-38-40-42-43-41-39-37-35-33-31-29-27-20-18-16-14-12-10-8-6-4-2/h42H,3-41H2,1-2H3. The third-order valence-electron chi connectivity index (χ3n) is 9.66. The first-order valence-electron chi connectivity index (χ1n) is 20.8. The van der Waals surface area contributed by atoms with Crippen LogP contribution in [0.4, 0.5) is 0 Å². The number of hydrogen-bond donors (Lipinski definition) is 0. The van der Waals surface area contributed by atoms with Gasteiger partial charge in [0.1, 0.15) is 0 Å². The Bertz CT molecular complexity index is 406. The van der Waals surface area contributed by atoms with Crippen molar-refractivity contribution >= 4 is 0 Å². The lowest BCUT2D eigenvalue weighted by atomic mass is 10.0. The van der Waals surface area contributed by atoms with Gasteiger partial charge in [-0.15, -0.1) is 0 Å². The highest BCUT2D eigenvalue weighted by molar-refractivity contribution is 4.55. The summed E-state index contributed by atoms with van der Waals surface area (Å²) in [4.78, 5) is 0. The SMILES string of the molecule is CCCCCCCCCCCCCCCCCCCCCCC[CH]OCCCCCCCCCCCCCCCCCC. The zero-order valence-electron chi connectivity index (χ0n) is 30.6. The Labute approximate surface area is 275 Å². The molecular formula is C42H85O. The maximum atomic E-state index is 5.77. The second-order valence-electron chi connectivity index (χ2n) is 14.2. The van der Waals surface area contributed by atoms with Gasteiger partial charge in [-0.1, -0.05) is 245 Å². The van der Waals surface area contributed by atoms with E-state index in [9.17, 15) is 0 Å². The molecule has 0 aliphatic heterocycles. The van der Waals surface area contributed by atoms with Crippen molar-refractivity contribution in [2.24, 2.45) is 0 Å². The van der Waals surface area contributed by atoms with Gasteiger partial charge in [-0.3, -0.25) is 0 Å². The molecule has 0 bridgehead atoms. The summed E-state index contributed by atoms with van der Waals surface area (Å²) >= 11 is 0. The molecule has 0 N–H and O–H groups in total. The number of ether oxygens (including phenoxy) is 1. The molecule has 0 rings (SSSR count). The van der Waals surface area contributed by atoms with Gasteiger partial charge in [0.25, 0.3) is 0 Å². The summed E-state index contributed by atoms with van der Waals surface area (Å²) < 4.78 is 5.77. The van der Waals surface area contributed by atoms with Crippen molar-refractivity contribution in [2.75, 3.05) is 6.61 Å². The van der Waals surface area contributed by atoms with Crippen LogP contribution in [0.3, 0.4) is 0 Å². The van der Waals surface area contributed by atoms with Crippen molar-refractivity contribution in [1.82, 2.24) is 0 Å². The van der Waals surface area contributed by atoms with E-state index >= 15 is 0 Å². The van der Waals surface area contributed by atoms with Gasteiger partial charge in [-0.05, 0) is 12.8 Å². The van der Waals surface area contributed by atoms with Crippen LogP contribution in [-0.2, 0) is 4.74 Å². The zero-order valence-corrected chi connectivity index (χ0v) is 30.6. The molecule has 0 amide bonds. The highest BCUT2D eigenvalue weighted by Gasteiger charge is 1.98. The monoisotopic (exact) mass is 606 g/mol. The molecule has 0 atom stereocenters. The van der Waals surface area contributed by atoms with E-state index in [1.165, 1.54) is 238 Å². The van der Waals surface area contributed by atoms with E-state index in [1.54, 1.807) is 0 Å². The van der Waals surface area contributed by atoms with Gasteiger partial charge in [0.15, 0.2) is 0 Å². The van der Waals surface area contributed by atoms with Gasteiger partial charge in [-0.2, -0.15) is 0 Å². The molecule has 1 heteroatoms. The van der Waals surface area contributed by atoms with Gasteiger partial charge in [-0.25, -0.2) is 0 Å². The molecule has 0 heterocycles. The minimum atomic E-state index is 0.942. The fraction of sp³-hybridized carbons (Fsp3) is 0.976. The highest BCUT2D eigenvalue weighted by Crippen LogP contribution is 2.16. The molecule has 0 spiro atoms. The van der Waals surface area contributed by atoms with Crippen LogP contribution >= 0.6 is 0 Å². The predicted molar refractivity (Wildman–Crippen MR) is 197 cm³/mol. The zero-order chi connectivity index (χ0) is 31.0. The van der Waals surface area contributed by atoms with Crippen LogP contribution in [0.25, 0.3) is 0 Å². The minimum Gasteiger partial charge on any atom is -0.376 e. The largest absolute Gasteiger partial charge is 0.376 e. The van der Waals surface area contributed by atoms with Gasteiger partial charge in [0, 0.05) is 6.61 Å². The first kappa shape index (κ1) is 43.0. The Kier molecular flexibility index (Phi) is 41.9. The first-order chi connectivity index (χ1) is 21.4. The van der Waals surface area contributed by atoms with E-state index in [4.69, 9.17) is 4.74 Å². The first-order valence-corrected chi connectivity index (χ1v) is 20.8. The molecule has 0 saturated carbocycles. The lowest BCUT2D eigenvalue weighted by Crippen LogP contribution is -1.92. The van der Waals surface area contributed by atoms with E-state index in [1.807, 2.05) is 0 Å². The normalized spacial score (nSPS) is 11.6. The quantitative estimate of drug-likeness (QED) is 0.0631. The highest BCUT2D eigenvalue weighted by atomic mass is 16.5. The molecule has 0 aliphatic carbocycles. The summed E-state index contributed by atoms with van der Waals surface area (Å²) in [5.74, 6) is 0. The van der Waals surface area contributed by atoms with Crippen molar-refractivity contribution in [3.63, 3.8) is 0 Å². The summed E-state index contributed by atoms with van der Waals surface area (Å²) in [5, 5.41) is 0. The summed E-state index contributed by atoms with van der Waals surface area (Å²) in [5.41, 5.74) is 0. The molecule has 0 aromatic carbocycles. The van der Waals surface area contributed by atoms with Crippen LogP contribution < -0.4 is 0 Å². The number of rotatable bonds is 40. The average Bonchev–Trinajstić information content (AvgIpc) is 3.02. The second kappa shape index (κ2) is 42.0. The molecule has 1 nitrogen and oxygen atoms in total. The van der Waals surface area contributed by atoms with E-state index in [0.717, 1.165) is 13.0 Å². The molecule has 0 saturated heterocycles. The minimum absolute atomic E-state index is 0.942. The Balaban J connectivity index is 3.02. The Morgan fingerprint density at radius 1 is 0.256 bits per heavy atom. The van der Waals surface area contributed by atoms with Crippen LogP contribution in [0.5, 0.6) is 0 Å². The Hall–Kier alpha value is -0.0400. The average molecular weight is 606 g/mol. The fourth-order valence-electron chi connectivity index (χ4n) is 6.56. The third-order valence-corrected chi connectivity index (χ3v) is 9.66. The van der Waals surface area contributed by atoms with Crippen molar-refractivity contribution < 1.29 is 4.74 Å². The molecule has 0 aliphatic rings. The second-order valence-corrected chi connectivity index (χ2v) is 14.2. The maximum Gasteiger partial charge on any atom is 0.0836 e. The van der Waals surface area contributed by atoms with Crippen LogP contribution in [0.1, 0.15) is 258 Å². The van der Waals surface area contributed by atoms with Gasteiger partial charge in [0.2, 0.25) is 0 Å². The molecule has 0 aromatic rings.